The summed E-state index contributed by atoms with van der Waals surface area (Å²) in [6.07, 6.45) is -0.305. The number of carbonyl (C=O) groups excluding carboxylic acids is 2. The summed E-state index contributed by atoms with van der Waals surface area (Å²) in [5.74, 6) is -0.668. The molecule has 2 N–H and O–H groups in total. The molecule has 1 aliphatic carbocycles. The largest absolute Gasteiger partial charge is 0.467 e. The van der Waals surface area contributed by atoms with Gasteiger partial charge in [-0.2, -0.15) is 0 Å². The minimum atomic E-state index is -1.37. The zero-order valence-corrected chi connectivity index (χ0v) is 11.8. The Kier molecular flexibility index (Phi) is 5.16. The predicted octanol–water partition coefficient (Wildman–Crippen LogP) is 1.23. The third-order valence-electron chi connectivity index (χ3n) is 3.41. The summed E-state index contributed by atoms with van der Waals surface area (Å²) in [5, 5.41) is 12.4. The predicted molar refractivity (Wildman–Crippen MR) is 74.3 cm³/mol. The lowest BCUT2D eigenvalue weighted by Crippen LogP contribution is -2.48. The van der Waals surface area contributed by atoms with Crippen molar-refractivity contribution in [3.05, 3.63) is 35.9 Å². The van der Waals surface area contributed by atoms with Gasteiger partial charge in [0.1, 0.15) is 6.61 Å². The van der Waals surface area contributed by atoms with Crippen LogP contribution in [0.2, 0.25) is 0 Å². The molecule has 0 heterocycles. The van der Waals surface area contributed by atoms with Crippen LogP contribution in [-0.4, -0.2) is 36.4 Å². The van der Waals surface area contributed by atoms with Gasteiger partial charge in [0.05, 0.1) is 13.2 Å². The van der Waals surface area contributed by atoms with Gasteiger partial charge in [-0.05, 0) is 24.3 Å². The van der Waals surface area contributed by atoms with E-state index in [0.29, 0.717) is 0 Å². The standard InChI is InChI=1S/C15H19NO5/c1-20-14(18)13(17)12(11-7-8-11)16-15(19)21-9-10-5-3-2-4-6-10/h2-6,11-13,17H,7-9H2,1H3,(H,16,19). The highest BCUT2D eigenvalue weighted by atomic mass is 16.6. The second-order valence-electron chi connectivity index (χ2n) is 5.04. The molecule has 1 saturated carbocycles. The average Bonchev–Trinajstić information content (AvgIpc) is 3.35. The van der Waals surface area contributed by atoms with E-state index in [0.717, 1.165) is 18.4 Å². The van der Waals surface area contributed by atoms with Crippen LogP contribution in [0.3, 0.4) is 0 Å². The summed E-state index contributed by atoms with van der Waals surface area (Å²) in [5.41, 5.74) is 0.865. The molecule has 2 atom stereocenters. The number of rotatable bonds is 6. The number of hydrogen-bond donors (Lipinski definition) is 2. The number of benzene rings is 1. The number of esters is 1. The topological polar surface area (TPSA) is 84.9 Å². The van der Waals surface area contributed by atoms with Gasteiger partial charge in [0.25, 0.3) is 0 Å². The van der Waals surface area contributed by atoms with Crippen LogP contribution in [0.4, 0.5) is 4.79 Å². The second-order valence-corrected chi connectivity index (χ2v) is 5.04. The highest BCUT2D eigenvalue weighted by Gasteiger charge is 2.40. The van der Waals surface area contributed by atoms with Crippen LogP contribution in [0.15, 0.2) is 30.3 Å². The molecule has 0 aromatic heterocycles. The van der Waals surface area contributed by atoms with Gasteiger partial charge in [-0.25, -0.2) is 9.59 Å². The Morgan fingerprint density at radius 1 is 1.33 bits per heavy atom. The lowest BCUT2D eigenvalue weighted by molar-refractivity contribution is -0.152. The Bertz CT molecular complexity index is 486. The van der Waals surface area contributed by atoms with Crippen LogP contribution >= 0.6 is 0 Å². The fourth-order valence-electron chi connectivity index (χ4n) is 2.08. The van der Waals surface area contributed by atoms with Gasteiger partial charge in [0, 0.05) is 0 Å². The number of aliphatic hydroxyl groups is 1. The molecule has 0 radical (unpaired) electrons. The van der Waals surface area contributed by atoms with Gasteiger partial charge in [0.2, 0.25) is 0 Å². The highest BCUT2D eigenvalue weighted by molar-refractivity contribution is 5.77. The molecule has 6 nitrogen and oxygen atoms in total. The number of hydrogen-bond acceptors (Lipinski definition) is 5. The molecule has 1 aromatic carbocycles. The molecule has 114 valence electrons. The molecule has 0 spiro atoms. The molecule has 1 fully saturated rings. The van der Waals surface area contributed by atoms with Crippen LogP contribution in [0.1, 0.15) is 18.4 Å². The normalized spacial score (nSPS) is 16.7. The minimum Gasteiger partial charge on any atom is -0.467 e. The molecule has 2 unspecified atom stereocenters. The summed E-state index contributed by atoms with van der Waals surface area (Å²) in [4.78, 5) is 23.2. The quantitative estimate of drug-likeness (QED) is 0.770. The van der Waals surface area contributed by atoms with E-state index in [1.807, 2.05) is 30.3 Å². The number of alkyl carbamates (subject to hydrolysis) is 1. The Morgan fingerprint density at radius 2 is 2.00 bits per heavy atom. The van der Waals surface area contributed by atoms with Crippen molar-refractivity contribution in [3.63, 3.8) is 0 Å². The van der Waals surface area contributed by atoms with Crippen molar-refractivity contribution in [1.29, 1.82) is 0 Å². The first-order valence-electron chi connectivity index (χ1n) is 6.85. The summed E-state index contributed by atoms with van der Waals surface area (Å²) < 4.78 is 9.59. The highest BCUT2D eigenvalue weighted by Crippen LogP contribution is 2.34. The first kappa shape index (κ1) is 15.3. The molecule has 6 heteroatoms. The van der Waals surface area contributed by atoms with Crippen LogP contribution in [-0.2, 0) is 20.9 Å². The van der Waals surface area contributed by atoms with Crippen molar-refractivity contribution in [2.24, 2.45) is 5.92 Å². The zero-order chi connectivity index (χ0) is 15.2. The van der Waals surface area contributed by atoms with Crippen molar-refractivity contribution in [3.8, 4) is 0 Å². The van der Waals surface area contributed by atoms with Crippen molar-refractivity contribution in [1.82, 2.24) is 5.32 Å². The second kappa shape index (κ2) is 7.08. The lowest BCUT2D eigenvalue weighted by atomic mass is 10.1. The van der Waals surface area contributed by atoms with E-state index in [1.54, 1.807) is 0 Å². The smallest absolute Gasteiger partial charge is 0.407 e. The summed E-state index contributed by atoms with van der Waals surface area (Å²) >= 11 is 0. The molecular formula is C15H19NO5. The van der Waals surface area contributed by atoms with Gasteiger partial charge < -0.3 is 19.9 Å². The Hall–Kier alpha value is -2.08. The molecule has 0 aliphatic heterocycles. The number of ether oxygens (including phenoxy) is 2. The number of carbonyl (C=O) groups is 2. The number of nitrogens with one attached hydrogen (secondary N) is 1. The number of amides is 1. The van der Waals surface area contributed by atoms with Gasteiger partial charge in [-0.3, -0.25) is 0 Å². The van der Waals surface area contributed by atoms with E-state index in [9.17, 15) is 14.7 Å². The molecule has 2 rings (SSSR count). The summed E-state index contributed by atoms with van der Waals surface area (Å²) in [6.45, 7) is 0.137. The first-order valence-corrected chi connectivity index (χ1v) is 6.85. The van der Waals surface area contributed by atoms with Gasteiger partial charge in [-0.1, -0.05) is 30.3 Å². The molecule has 1 aromatic rings. The van der Waals surface area contributed by atoms with Gasteiger partial charge in [0.15, 0.2) is 6.10 Å². The Balaban J connectivity index is 1.85. The Labute approximate surface area is 123 Å². The molecule has 0 saturated heterocycles. The van der Waals surface area contributed by atoms with Gasteiger partial charge in [-0.15, -0.1) is 0 Å². The van der Waals surface area contributed by atoms with Crippen molar-refractivity contribution in [2.45, 2.75) is 31.6 Å². The van der Waals surface area contributed by atoms with Gasteiger partial charge >= 0.3 is 12.1 Å². The third-order valence-corrected chi connectivity index (χ3v) is 3.41. The number of aliphatic hydroxyl groups excluding tert-OH is 1. The van der Waals surface area contributed by atoms with Crippen LogP contribution < -0.4 is 5.32 Å². The minimum absolute atomic E-state index is 0.0865. The maximum atomic E-state index is 11.8. The van der Waals surface area contributed by atoms with E-state index in [2.05, 4.69) is 10.1 Å². The number of methoxy groups -OCH3 is 1. The molecular weight excluding hydrogens is 274 g/mol. The average molecular weight is 293 g/mol. The molecule has 1 amide bonds. The maximum Gasteiger partial charge on any atom is 0.407 e. The molecule has 21 heavy (non-hydrogen) atoms. The lowest BCUT2D eigenvalue weighted by Gasteiger charge is -2.21. The monoisotopic (exact) mass is 293 g/mol. The third kappa shape index (κ3) is 4.46. The zero-order valence-electron chi connectivity index (χ0n) is 11.8. The van der Waals surface area contributed by atoms with Crippen molar-refractivity contribution < 1.29 is 24.2 Å². The summed E-state index contributed by atoms with van der Waals surface area (Å²) in [7, 11) is 1.20. The Morgan fingerprint density at radius 3 is 2.57 bits per heavy atom. The van der Waals surface area contributed by atoms with Crippen LogP contribution in [0, 0.1) is 5.92 Å². The van der Waals surface area contributed by atoms with Crippen LogP contribution in [0.25, 0.3) is 0 Å². The molecule has 0 bridgehead atoms. The van der Waals surface area contributed by atoms with Crippen molar-refractivity contribution >= 4 is 12.1 Å². The summed E-state index contributed by atoms with van der Waals surface area (Å²) in [6, 6.07) is 8.60. The maximum absolute atomic E-state index is 11.8. The fourth-order valence-corrected chi connectivity index (χ4v) is 2.08. The van der Waals surface area contributed by atoms with Crippen LogP contribution in [0.5, 0.6) is 0 Å². The van der Waals surface area contributed by atoms with E-state index < -0.39 is 24.2 Å². The van der Waals surface area contributed by atoms with Crippen molar-refractivity contribution in [2.75, 3.05) is 7.11 Å². The molecule has 1 aliphatic rings. The van der Waals surface area contributed by atoms with E-state index in [-0.39, 0.29) is 12.5 Å². The van der Waals surface area contributed by atoms with E-state index in [1.165, 1.54) is 7.11 Å². The SMILES string of the molecule is COC(=O)C(O)C(NC(=O)OCc1ccccc1)C1CC1. The fraction of sp³-hybridized carbons (Fsp3) is 0.467. The van der Waals surface area contributed by atoms with E-state index >= 15 is 0 Å². The van der Waals surface area contributed by atoms with E-state index in [4.69, 9.17) is 4.74 Å². The first-order chi connectivity index (χ1) is 10.1.